The van der Waals surface area contributed by atoms with Crippen LogP contribution in [0.5, 0.6) is 0 Å². The zero-order valence-corrected chi connectivity index (χ0v) is 9.64. The van der Waals surface area contributed by atoms with E-state index < -0.39 is 0 Å². The Bertz CT molecular complexity index is 228. The van der Waals surface area contributed by atoms with E-state index in [9.17, 15) is 4.79 Å². The molecule has 15 heavy (non-hydrogen) atoms. The van der Waals surface area contributed by atoms with Crippen LogP contribution in [0.3, 0.4) is 0 Å². The Morgan fingerprint density at radius 2 is 2.07 bits per heavy atom. The summed E-state index contributed by atoms with van der Waals surface area (Å²) in [6, 6.07) is 0.372. The van der Waals surface area contributed by atoms with Crippen LogP contribution in [0.1, 0.15) is 45.4 Å². The normalized spacial score (nSPS) is 30.1. The summed E-state index contributed by atoms with van der Waals surface area (Å²) in [4.78, 5) is 12.1. The molecule has 0 radical (unpaired) electrons. The molecular formula is C12H22N2O. The van der Waals surface area contributed by atoms with Gasteiger partial charge in [0.15, 0.2) is 0 Å². The van der Waals surface area contributed by atoms with E-state index in [0.29, 0.717) is 6.04 Å². The smallest absolute Gasteiger partial charge is 0.226 e. The van der Waals surface area contributed by atoms with Gasteiger partial charge in [0.1, 0.15) is 0 Å². The number of carbonyl (C=O) groups is 1. The molecule has 3 heteroatoms. The van der Waals surface area contributed by atoms with Gasteiger partial charge in [0.05, 0.1) is 0 Å². The minimum Gasteiger partial charge on any atom is -0.352 e. The molecule has 2 rings (SSSR count). The third-order valence-corrected chi connectivity index (χ3v) is 3.90. The van der Waals surface area contributed by atoms with Gasteiger partial charge >= 0.3 is 0 Å². The van der Waals surface area contributed by atoms with Gasteiger partial charge in [-0.25, -0.2) is 0 Å². The zero-order chi connectivity index (χ0) is 10.7. The van der Waals surface area contributed by atoms with Gasteiger partial charge in [0.25, 0.3) is 0 Å². The Kier molecular flexibility index (Phi) is 3.29. The molecule has 0 aromatic heterocycles. The second kappa shape index (κ2) is 4.52. The first-order chi connectivity index (χ1) is 7.21. The monoisotopic (exact) mass is 210 g/mol. The fraction of sp³-hybridized carbons (Fsp3) is 0.917. The Morgan fingerprint density at radius 1 is 1.33 bits per heavy atom. The minimum atomic E-state index is -0.0825. The van der Waals surface area contributed by atoms with Gasteiger partial charge in [0, 0.05) is 18.0 Å². The molecule has 1 aliphatic heterocycles. The summed E-state index contributed by atoms with van der Waals surface area (Å²) in [5.41, 5.74) is -0.0825. The quantitative estimate of drug-likeness (QED) is 0.724. The summed E-state index contributed by atoms with van der Waals surface area (Å²) in [6.07, 6.45) is 6.95. The lowest BCUT2D eigenvalue weighted by molar-refractivity contribution is -0.132. The molecule has 0 bridgehead atoms. The lowest BCUT2D eigenvalue weighted by Gasteiger charge is -2.33. The van der Waals surface area contributed by atoms with Crippen molar-refractivity contribution in [2.75, 3.05) is 13.1 Å². The highest BCUT2D eigenvalue weighted by Gasteiger charge is 2.35. The molecule has 1 heterocycles. The van der Waals surface area contributed by atoms with Gasteiger partial charge in [-0.05, 0) is 25.8 Å². The van der Waals surface area contributed by atoms with E-state index in [4.69, 9.17) is 0 Å². The third kappa shape index (κ3) is 2.51. The molecule has 2 fully saturated rings. The second-order valence-electron chi connectivity index (χ2n) is 5.28. The van der Waals surface area contributed by atoms with Crippen LogP contribution >= 0.6 is 0 Å². The molecule has 86 valence electrons. The predicted octanol–water partition coefficient (Wildman–Crippen LogP) is 1.43. The van der Waals surface area contributed by atoms with Crippen LogP contribution in [-0.4, -0.2) is 25.0 Å². The molecule has 2 N–H and O–H groups in total. The minimum absolute atomic E-state index is 0.0825. The van der Waals surface area contributed by atoms with Crippen molar-refractivity contribution >= 4 is 5.91 Å². The average Bonchev–Trinajstić information content (AvgIpc) is 2.71. The number of nitrogens with one attached hydrogen (secondary N) is 2. The molecule has 0 unspecified atom stereocenters. The van der Waals surface area contributed by atoms with Crippen molar-refractivity contribution in [1.82, 2.24) is 10.6 Å². The molecule has 1 aliphatic carbocycles. The Balaban J connectivity index is 1.87. The van der Waals surface area contributed by atoms with Crippen molar-refractivity contribution < 1.29 is 4.79 Å². The van der Waals surface area contributed by atoms with E-state index in [2.05, 4.69) is 17.6 Å². The van der Waals surface area contributed by atoms with Crippen molar-refractivity contribution in [3.63, 3.8) is 0 Å². The summed E-state index contributed by atoms with van der Waals surface area (Å²) in [5.74, 6) is 0.288. The van der Waals surface area contributed by atoms with E-state index in [0.717, 1.165) is 32.4 Å². The van der Waals surface area contributed by atoms with Gasteiger partial charge in [-0.15, -0.1) is 0 Å². The number of hydrogen-bond donors (Lipinski definition) is 2. The topological polar surface area (TPSA) is 41.1 Å². The molecule has 1 saturated heterocycles. The molecule has 0 spiro atoms. The van der Waals surface area contributed by atoms with Crippen LogP contribution in [-0.2, 0) is 4.79 Å². The van der Waals surface area contributed by atoms with Crippen molar-refractivity contribution in [2.45, 2.75) is 51.5 Å². The average molecular weight is 210 g/mol. The second-order valence-corrected chi connectivity index (χ2v) is 5.28. The van der Waals surface area contributed by atoms with Crippen LogP contribution in [0.15, 0.2) is 0 Å². The Hall–Kier alpha value is -0.570. The highest BCUT2D eigenvalue weighted by atomic mass is 16.2. The zero-order valence-electron chi connectivity index (χ0n) is 9.64. The fourth-order valence-corrected chi connectivity index (χ4v) is 2.70. The van der Waals surface area contributed by atoms with E-state index >= 15 is 0 Å². The van der Waals surface area contributed by atoms with Gasteiger partial charge in [0.2, 0.25) is 5.91 Å². The molecule has 2 aliphatic rings. The number of hydrogen-bond acceptors (Lipinski definition) is 2. The van der Waals surface area contributed by atoms with Crippen molar-refractivity contribution in [3.8, 4) is 0 Å². The van der Waals surface area contributed by atoms with E-state index in [-0.39, 0.29) is 11.3 Å². The summed E-state index contributed by atoms with van der Waals surface area (Å²) >= 11 is 0. The molecule has 1 saturated carbocycles. The van der Waals surface area contributed by atoms with Crippen LogP contribution in [0.25, 0.3) is 0 Å². The molecule has 0 aromatic carbocycles. The number of amides is 1. The first kappa shape index (κ1) is 10.9. The number of rotatable bonds is 2. The van der Waals surface area contributed by atoms with Gasteiger partial charge in [-0.3, -0.25) is 4.79 Å². The van der Waals surface area contributed by atoms with Crippen molar-refractivity contribution in [2.24, 2.45) is 5.41 Å². The molecular weight excluding hydrogens is 188 g/mol. The van der Waals surface area contributed by atoms with E-state index in [1.54, 1.807) is 0 Å². The van der Waals surface area contributed by atoms with Crippen LogP contribution in [0.2, 0.25) is 0 Å². The largest absolute Gasteiger partial charge is 0.352 e. The van der Waals surface area contributed by atoms with Crippen LogP contribution in [0.4, 0.5) is 0 Å². The summed E-state index contributed by atoms with van der Waals surface area (Å²) in [6.45, 7) is 4.12. The van der Waals surface area contributed by atoms with Crippen molar-refractivity contribution in [3.05, 3.63) is 0 Å². The van der Waals surface area contributed by atoms with Gasteiger partial charge in [-0.1, -0.05) is 26.2 Å². The van der Waals surface area contributed by atoms with E-state index in [1.165, 1.54) is 19.3 Å². The summed E-state index contributed by atoms with van der Waals surface area (Å²) in [7, 11) is 0. The third-order valence-electron chi connectivity index (χ3n) is 3.90. The highest BCUT2D eigenvalue weighted by Crippen LogP contribution is 2.35. The maximum Gasteiger partial charge on any atom is 0.226 e. The molecule has 1 amide bonds. The molecule has 1 atom stereocenters. The summed E-state index contributed by atoms with van der Waals surface area (Å²) in [5, 5.41) is 6.47. The Labute approximate surface area is 92.0 Å². The first-order valence-electron chi connectivity index (χ1n) is 6.22. The lowest BCUT2D eigenvalue weighted by atomic mass is 9.75. The standard InChI is InChI=1S/C12H22N2O/c1-12(6-3-2-4-7-12)11(15)14-10-5-8-13-9-10/h10,13H,2-9H2,1H3,(H,14,15)/t10-/m1/s1. The van der Waals surface area contributed by atoms with Crippen molar-refractivity contribution in [1.29, 1.82) is 0 Å². The number of carbonyl (C=O) groups excluding carboxylic acids is 1. The summed E-state index contributed by atoms with van der Waals surface area (Å²) < 4.78 is 0. The Morgan fingerprint density at radius 3 is 2.67 bits per heavy atom. The maximum absolute atomic E-state index is 12.1. The lowest BCUT2D eigenvalue weighted by Crippen LogP contribution is -2.45. The molecule has 3 nitrogen and oxygen atoms in total. The van der Waals surface area contributed by atoms with E-state index in [1.807, 2.05) is 0 Å². The predicted molar refractivity (Wildman–Crippen MR) is 60.6 cm³/mol. The molecule has 0 aromatic rings. The van der Waals surface area contributed by atoms with Gasteiger partial charge < -0.3 is 10.6 Å². The van der Waals surface area contributed by atoms with Crippen LogP contribution in [0, 0.1) is 5.41 Å². The maximum atomic E-state index is 12.1. The SMILES string of the molecule is CC1(C(=O)N[C@@H]2CCNC2)CCCCC1. The highest BCUT2D eigenvalue weighted by molar-refractivity contribution is 5.82. The van der Waals surface area contributed by atoms with Gasteiger partial charge in [-0.2, -0.15) is 0 Å². The van der Waals surface area contributed by atoms with Crippen LogP contribution < -0.4 is 10.6 Å². The first-order valence-corrected chi connectivity index (χ1v) is 6.22. The fourth-order valence-electron chi connectivity index (χ4n) is 2.70.